The molecular formula is C19H17ClN4. The Morgan fingerprint density at radius 2 is 1.88 bits per heavy atom. The summed E-state index contributed by atoms with van der Waals surface area (Å²) < 4.78 is 0. The molecule has 4 rings (SSSR count). The predicted molar refractivity (Wildman–Crippen MR) is 96.9 cm³/mol. The van der Waals surface area contributed by atoms with Crippen LogP contribution in [0.5, 0.6) is 0 Å². The lowest BCUT2D eigenvalue weighted by molar-refractivity contribution is 0.882. The molecule has 0 spiro atoms. The summed E-state index contributed by atoms with van der Waals surface area (Å²) in [6.07, 6.45) is 6.14. The molecular weight excluding hydrogens is 320 g/mol. The third kappa shape index (κ3) is 3.54. The van der Waals surface area contributed by atoms with Gasteiger partial charge in [0.25, 0.3) is 0 Å². The highest BCUT2D eigenvalue weighted by Gasteiger charge is 2.21. The van der Waals surface area contributed by atoms with Crippen molar-refractivity contribution in [2.24, 2.45) is 5.92 Å². The Morgan fingerprint density at radius 3 is 2.58 bits per heavy atom. The van der Waals surface area contributed by atoms with Gasteiger partial charge < -0.3 is 5.32 Å². The van der Waals surface area contributed by atoms with Gasteiger partial charge in [0.15, 0.2) is 5.82 Å². The largest absolute Gasteiger partial charge is 0.370 e. The van der Waals surface area contributed by atoms with Crippen LogP contribution in [-0.2, 0) is 0 Å². The van der Waals surface area contributed by atoms with Gasteiger partial charge in [-0.1, -0.05) is 23.7 Å². The van der Waals surface area contributed by atoms with Gasteiger partial charge in [-0.2, -0.15) is 0 Å². The maximum absolute atomic E-state index is 6.00. The summed E-state index contributed by atoms with van der Waals surface area (Å²) in [5, 5.41) is 4.16. The van der Waals surface area contributed by atoms with Crippen molar-refractivity contribution < 1.29 is 0 Å². The fraction of sp³-hybridized carbons (Fsp3) is 0.211. The van der Waals surface area contributed by atoms with E-state index in [4.69, 9.17) is 16.6 Å². The highest BCUT2D eigenvalue weighted by molar-refractivity contribution is 6.30. The lowest BCUT2D eigenvalue weighted by atomic mass is 10.1. The maximum atomic E-state index is 6.00. The Morgan fingerprint density at radius 1 is 1.04 bits per heavy atom. The molecule has 0 amide bonds. The molecule has 120 valence electrons. The first-order chi connectivity index (χ1) is 11.8. The molecule has 1 fully saturated rings. The van der Waals surface area contributed by atoms with Crippen LogP contribution in [0, 0.1) is 5.92 Å². The fourth-order valence-corrected chi connectivity index (χ4v) is 2.63. The Balaban J connectivity index is 1.73. The van der Waals surface area contributed by atoms with Crippen LogP contribution >= 0.6 is 11.6 Å². The lowest BCUT2D eigenvalue weighted by Gasteiger charge is -2.10. The molecule has 2 aromatic heterocycles. The Hall–Kier alpha value is -2.46. The summed E-state index contributed by atoms with van der Waals surface area (Å²) in [6.45, 7) is 0.962. The predicted octanol–water partition coefficient (Wildman–Crippen LogP) is 4.68. The van der Waals surface area contributed by atoms with Crippen LogP contribution in [-0.4, -0.2) is 21.5 Å². The molecule has 0 bridgehead atoms. The van der Waals surface area contributed by atoms with E-state index in [0.717, 1.165) is 35.1 Å². The minimum absolute atomic E-state index is 0.675. The van der Waals surface area contributed by atoms with Crippen molar-refractivity contribution in [3.05, 3.63) is 59.9 Å². The van der Waals surface area contributed by atoms with Crippen LogP contribution < -0.4 is 5.32 Å². The van der Waals surface area contributed by atoms with E-state index in [2.05, 4.69) is 15.3 Å². The zero-order valence-electron chi connectivity index (χ0n) is 13.1. The SMILES string of the molecule is Clc1ccc(-c2cc(NCC3CC3)nc(-c3cccnc3)n2)cc1. The molecule has 1 saturated carbocycles. The first-order valence-corrected chi connectivity index (χ1v) is 8.45. The van der Waals surface area contributed by atoms with Crippen molar-refractivity contribution in [3.8, 4) is 22.6 Å². The second kappa shape index (κ2) is 6.57. The van der Waals surface area contributed by atoms with Gasteiger partial charge in [0.2, 0.25) is 0 Å². The number of halogens is 1. The molecule has 4 nitrogen and oxygen atoms in total. The zero-order valence-corrected chi connectivity index (χ0v) is 13.9. The average molecular weight is 337 g/mol. The third-order valence-electron chi connectivity index (χ3n) is 4.05. The zero-order chi connectivity index (χ0) is 16.4. The number of nitrogens with one attached hydrogen (secondary N) is 1. The Labute approximate surface area is 146 Å². The average Bonchev–Trinajstić information content (AvgIpc) is 3.46. The Kier molecular flexibility index (Phi) is 4.13. The van der Waals surface area contributed by atoms with Gasteiger partial charge in [-0.25, -0.2) is 9.97 Å². The smallest absolute Gasteiger partial charge is 0.163 e. The van der Waals surface area contributed by atoms with E-state index >= 15 is 0 Å². The summed E-state index contributed by atoms with van der Waals surface area (Å²) >= 11 is 6.00. The molecule has 0 aliphatic heterocycles. The molecule has 3 aromatic rings. The summed E-state index contributed by atoms with van der Waals surface area (Å²) in [7, 11) is 0. The van der Waals surface area contributed by atoms with Crippen molar-refractivity contribution >= 4 is 17.4 Å². The second-order valence-electron chi connectivity index (χ2n) is 6.03. The summed E-state index contributed by atoms with van der Waals surface area (Å²) in [4.78, 5) is 13.5. The number of nitrogens with zero attached hydrogens (tertiary/aromatic N) is 3. The maximum Gasteiger partial charge on any atom is 0.163 e. The van der Waals surface area contributed by atoms with Gasteiger partial charge in [-0.15, -0.1) is 0 Å². The van der Waals surface area contributed by atoms with Crippen LogP contribution in [0.1, 0.15) is 12.8 Å². The van der Waals surface area contributed by atoms with Crippen LogP contribution in [0.15, 0.2) is 54.9 Å². The molecule has 2 heterocycles. The van der Waals surface area contributed by atoms with Gasteiger partial charge >= 0.3 is 0 Å². The number of benzene rings is 1. The molecule has 1 aliphatic carbocycles. The molecule has 0 unspecified atom stereocenters. The normalized spacial score (nSPS) is 13.7. The van der Waals surface area contributed by atoms with Gasteiger partial charge in [0.05, 0.1) is 5.69 Å². The van der Waals surface area contributed by atoms with Crippen molar-refractivity contribution in [1.29, 1.82) is 0 Å². The minimum atomic E-state index is 0.675. The van der Waals surface area contributed by atoms with Crippen LogP contribution in [0.4, 0.5) is 5.82 Å². The van der Waals surface area contributed by atoms with E-state index in [1.807, 2.05) is 42.5 Å². The molecule has 1 N–H and O–H groups in total. The number of hydrogen-bond donors (Lipinski definition) is 1. The first kappa shape index (κ1) is 15.1. The van der Waals surface area contributed by atoms with Crippen LogP contribution in [0.25, 0.3) is 22.6 Å². The molecule has 0 radical (unpaired) electrons. The molecule has 5 heteroatoms. The minimum Gasteiger partial charge on any atom is -0.370 e. The summed E-state index contributed by atoms with van der Waals surface area (Å²) in [6, 6.07) is 13.6. The monoisotopic (exact) mass is 336 g/mol. The number of rotatable bonds is 5. The van der Waals surface area contributed by atoms with Crippen molar-refractivity contribution in [2.45, 2.75) is 12.8 Å². The highest BCUT2D eigenvalue weighted by atomic mass is 35.5. The van der Waals surface area contributed by atoms with Crippen molar-refractivity contribution in [1.82, 2.24) is 15.0 Å². The van der Waals surface area contributed by atoms with Crippen molar-refractivity contribution in [3.63, 3.8) is 0 Å². The van der Waals surface area contributed by atoms with E-state index in [-0.39, 0.29) is 0 Å². The lowest BCUT2D eigenvalue weighted by Crippen LogP contribution is -2.06. The summed E-state index contributed by atoms with van der Waals surface area (Å²) in [5.74, 6) is 2.30. The molecule has 0 atom stereocenters. The van der Waals surface area contributed by atoms with Crippen molar-refractivity contribution in [2.75, 3.05) is 11.9 Å². The van der Waals surface area contributed by atoms with E-state index in [1.54, 1.807) is 12.4 Å². The van der Waals surface area contributed by atoms with Crippen LogP contribution in [0.3, 0.4) is 0 Å². The fourth-order valence-electron chi connectivity index (χ4n) is 2.50. The quantitative estimate of drug-likeness (QED) is 0.735. The molecule has 1 aromatic carbocycles. The van der Waals surface area contributed by atoms with Gasteiger partial charge in [-0.05, 0) is 43.0 Å². The van der Waals surface area contributed by atoms with E-state index in [9.17, 15) is 0 Å². The molecule has 1 aliphatic rings. The highest BCUT2D eigenvalue weighted by Crippen LogP contribution is 2.30. The standard InChI is InChI=1S/C19H17ClN4/c20-16-7-5-14(6-8-16)17-10-18(22-11-13-3-4-13)24-19(23-17)15-2-1-9-21-12-15/h1-2,5-10,12-13H,3-4,11H2,(H,22,23,24). The van der Waals surface area contributed by atoms with Gasteiger partial charge in [-0.3, -0.25) is 4.98 Å². The Bertz CT molecular complexity index is 830. The third-order valence-corrected chi connectivity index (χ3v) is 4.31. The first-order valence-electron chi connectivity index (χ1n) is 8.07. The number of pyridine rings is 1. The number of hydrogen-bond acceptors (Lipinski definition) is 4. The van der Waals surface area contributed by atoms with E-state index in [1.165, 1.54) is 12.8 Å². The number of anilines is 1. The second-order valence-corrected chi connectivity index (χ2v) is 6.47. The topological polar surface area (TPSA) is 50.7 Å². The van der Waals surface area contributed by atoms with Gasteiger partial charge in [0, 0.05) is 41.2 Å². The molecule has 24 heavy (non-hydrogen) atoms. The van der Waals surface area contributed by atoms with E-state index < -0.39 is 0 Å². The van der Waals surface area contributed by atoms with E-state index in [0.29, 0.717) is 10.8 Å². The van der Waals surface area contributed by atoms with Gasteiger partial charge in [0.1, 0.15) is 5.82 Å². The molecule has 0 saturated heterocycles. The number of aromatic nitrogens is 3. The van der Waals surface area contributed by atoms with Crippen LogP contribution in [0.2, 0.25) is 5.02 Å². The summed E-state index contributed by atoms with van der Waals surface area (Å²) in [5.41, 5.74) is 2.79.